The predicted molar refractivity (Wildman–Crippen MR) is 86.7 cm³/mol. The summed E-state index contributed by atoms with van der Waals surface area (Å²) >= 11 is 1.18. The van der Waals surface area contributed by atoms with E-state index in [4.69, 9.17) is 5.11 Å². The fourth-order valence-electron chi connectivity index (χ4n) is 2.74. The molecule has 7 nitrogen and oxygen atoms in total. The summed E-state index contributed by atoms with van der Waals surface area (Å²) in [7, 11) is 0. The SMILES string of the molecule is O=C(O)c1ccc(-c2n[nH]c3c2CN(C(=O)c2cccnc2)C3)s1. The molecule has 4 rings (SSSR count). The quantitative estimate of drug-likeness (QED) is 0.763. The third-order valence-electron chi connectivity index (χ3n) is 3.90. The van der Waals surface area contributed by atoms with E-state index in [1.165, 1.54) is 11.3 Å². The third kappa shape index (κ3) is 2.37. The fraction of sp³-hybridized carbons (Fsp3) is 0.125. The highest BCUT2D eigenvalue weighted by atomic mass is 32.1. The van der Waals surface area contributed by atoms with Crippen LogP contribution in [-0.2, 0) is 13.1 Å². The molecular weight excluding hydrogens is 328 g/mol. The van der Waals surface area contributed by atoms with Crippen LogP contribution >= 0.6 is 11.3 Å². The first-order chi connectivity index (χ1) is 11.6. The number of hydrogen-bond acceptors (Lipinski definition) is 5. The van der Waals surface area contributed by atoms with Gasteiger partial charge in [0.15, 0.2) is 0 Å². The first-order valence-electron chi connectivity index (χ1n) is 7.22. The van der Waals surface area contributed by atoms with Gasteiger partial charge in [0.25, 0.3) is 5.91 Å². The number of carbonyl (C=O) groups excluding carboxylic acids is 1. The maximum atomic E-state index is 12.5. The van der Waals surface area contributed by atoms with E-state index in [1.807, 2.05) is 0 Å². The summed E-state index contributed by atoms with van der Waals surface area (Å²) in [5, 5.41) is 16.3. The fourth-order valence-corrected chi connectivity index (χ4v) is 3.60. The van der Waals surface area contributed by atoms with Crippen LogP contribution in [0.15, 0.2) is 36.7 Å². The van der Waals surface area contributed by atoms with Crippen LogP contribution in [0.25, 0.3) is 10.6 Å². The van der Waals surface area contributed by atoms with Gasteiger partial charge in [-0.3, -0.25) is 14.9 Å². The van der Waals surface area contributed by atoms with E-state index < -0.39 is 5.97 Å². The molecule has 0 bridgehead atoms. The number of nitrogens with zero attached hydrogens (tertiary/aromatic N) is 3. The minimum absolute atomic E-state index is 0.0870. The molecule has 0 atom stereocenters. The smallest absolute Gasteiger partial charge is 0.345 e. The minimum atomic E-state index is -0.952. The number of fused-ring (bicyclic) bond motifs is 1. The van der Waals surface area contributed by atoms with Crippen LogP contribution in [-0.4, -0.2) is 37.1 Å². The molecule has 3 aromatic rings. The molecule has 3 aromatic heterocycles. The standard InChI is InChI=1S/C16H12N4O3S/c21-15(9-2-1-5-17-6-9)20-7-10-11(8-20)18-19-14(10)12-3-4-13(24-12)16(22)23/h1-6H,7-8H2,(H,18,19)(H,22,23). The molecule has 24 heavy (non-hydrogen) atoms. The van der Waals surface area contributed by atoms with Crippen molar-refractivity contribution in [2.75, 3.05) is 0 Å². The van der Waals surface area contributed by atoms with Gasteiger partial charge >= 0.3 is 5.97 Å². The molecule has 8 heteroatoms. The van der Waals surface area contributed by atoms with Crippen molar-refractivity contribution >= 4 is 23.2 Å². The average Bonchev–Trinajstić information content (AvgIpc) is 3.29. The largest absolute Gasteiger partial charge is 0.477 e. The summed E-state index contributed by atoms with van der Waals surface area (Å²) in [6, 6.07) is 6.78. The molecule has 1 aliphatic heterocycles. The lowest BCUT2D eigenvalue weighted by Crippen LogP contribution is -2.25. The highest BCUT2D eigenvalue weighted by Gasteiger charge is 2.29. The van der Waals surface area contributed by atoms with Crippen molar-refractivity contribution in [2.45, 2.75) is 13.1 Å². The number of aromatic nitrogens is 3. The molecule has 120 valence electrons. The summed E-state index contributed by atoms with van der Waals surface area (Å²) in [6.45, 7) is 0.891. The number of nitrogens with one attached hydrogen (secondary N) is 1. The average molecular weight is 340 g/mol. The zero-order valence-electron chi connectivity index (χ0n) is 12.4. The second-order valence-electron chi connectivity index (χ2n) is 5.40. The van der Waals surface area contributed by atoms with Gasteiger partial charge in [-0.25, -0.2) is 4.79 Å². The molecule has 1 amide bonds. The summed E-state index contributed by atoms with van der Waals surface area (Å²) in [5.74, 6) is -1.04. The Bertz CT molecular complexity index is 932. The van der Waals surface area contributed by atoms with Gasteiger partial charge in [-0.05, 0) is 24.3 Å². The van der Waals surface area contributed by atoms with Crippen molar-refractivity contribution in [1.82, 2.24) is 20.1 Å². The summed E-state index contributed by atoms with van der Waals surface area (Å²) in [5.41, 5.74) is 3.07. The number of pyridine rings is 1. The Hall–Kier alpha value is -3.00. The highest BCUT2D eigenvalue weighted by molar-refractivity contribution is 7.17. The minimum Gasteiger partial charge on any atom is -0.477 e. The van der Waals surface area contributed by atoms with Gasteiger partial charge in [0.1, 0.15) is 10.6 Å². The Morgan fingerprint density at radius 3 is 2.83 bits per heavy atom. The van der Waals surface area contributed by atoms with E-state index in [-0.39, 0.29) is 10.8 Å². The van der Waals surface area contributed by atoms with E-state index in [2.05, 4.69) is 15.2 Å². The number of thiophene rings is 1. The van der Waals surface area contributed by atoms with E-state index in [0.29, 0.717) is 24.3 Å². The van der Waals surface area contributed by atoms with Crippen LogP contribution in [0.3, 0.4) is 0 Å². The molecule has 0 radical (unpaired) electrons. The number of hydrogen-bond donors (Lipinski definition) is 2. The van der Waals surface area contributed by atoms with Crippen molar-refractivity contribution in [2.24, 2.45) is 0 Å². The second kappa shape index (κ2) is 5.57. The van der Waals surface area contributed by atoms with Crippen LogP contribution < -0.4 is 0 Å². The lowest BCUT2D eigenvalue weighted by molar-refractivity contribution is 0.0700. The van der Waals surface area contributed by atoms with Gasteiger partial charge in [0.2, 0.25) is 0 Å². The van der Waals surface area contributed by atoms with Crippen LogP contribution in [0.5, 0.6) is 0 Å². The number of rotatable bonds is 3. The predicted octanol–water partition coefficient (Wildman–Crippen LogP) is 2.39. The lowest BCUT2D eigenvalue weighted by atomic mass is 10.2. The van der Waals surface area contributed by atoms with Crippen LogP contribution in [0.2, 0.25) is 0 Å². The number of carbonyl (C=O) groups is 2. The van der Waals surface area contributed by atoms with Gasteiger partial charge in [-0.1, -0.05) is 0 Å². The molecule has 0 saturated heterocycles. The monoisotopic (exact) mass is 340 g/mol. The molecule has 0 unspecified atom stereocenters. The molecule has 0 aliphatic carbocycles. The Morgan fingerprint density at radius 1 is 1.25 bits per heavy atom. The van der Waals surface area contributed by atoms with Gasteiger partial charge in [-0.15, -0.1) is 11.3 Å². The van der Waals surface area contributed by atoms with Gasteiger partial charge in [0.05, 0.1) is 29.2 Å². The molecule has 1 aliphatic rings. The van der Waals surface area contributed by atoms with E-state index in [0.717, 1.165) is 16.1 Å². The number of carboxylic acids is 1. The molecular formula is C16H12N4O3S. The Balaban J connectivity index is 1.60. The maximum absolute atomic E-state index is 12.5. The van der Waals surface area contributed by atoms with Crippen molar-refractivity contribution < 1.29 is 14.7 Å². The topological polar surface area (TPSA) is 99.2 Å². The van der Waals surface area contributed by atoms with Gasteiger partial charge in [0, 0.05) is 18.0 Å². The first-order valence-corrected chi connectivity index (χ1v) is 8.04. The van der Waals surface area contributed by atoms with Gasteiger partial charge < -0.3 is 10.0 Å². The second-order valence-corrected chi connectivity index (χ2v) is 6.49. The lowest BCUT2D eigenvalue weighted by Gasteiger charge is -2.15. The zero-order chi connectivity index (χ0) is 16.7. The Labute approximate surface area is 140 Å². The summed E-state index contributed by atoms with van der Waals surface area (Å²) < 4.78 is 0. The number of carboxylic acid groups (broad SMARTS) is 1. The molecule has 0 saturated carbocycles. The van der Waals surface area contributed by atoms with E-state index >= 15 is 0 Å². The first kappa shape index (κ1) is 14.6. The van der Waals surface area contributed by atoms with Crippen LogP contribution in [0.1, 0.15) is 31.3 Å². The zero-order valence-corrected chi connectivity index (χ0v) is 13.2. The van der Waals surface area contributed by atoms with Crippen molar-refractivity contribution in [3.8, 4) is 10.6 Å². The molecule has 2 N–H and O–H groups in total. The highest BCUT2D eigenvalue weighted by Crippen LogP contribution is 2.35. The summed E-state index contributed by atoms with van der Waals surface area (Å²) in [4.78, 5) is 30.3. The van der Waals surface area contributed by atoms with Crippen LogP contribution in [0.4, 0.5) is 0 Å². The van der Waals surface area contributed by atoms with E-state index in [9.17, 15) is 9.59 Å². The molecule has 0 fully saturated rings. The molecule has 0 spiro atoms. The van der Waals surface area contributed by atoms with Crippen molar-refractivity contribution in [1.29, 1.82) is 0 Å². The van der Waals surface area contributed by atoms with Crippen molar-refractivity contribution in [3.05, 3.63) is 58.4 Å². The molecule has 4 heterocycles. The van der Waals surface area contributed by atoms with Crippen LogP contribution in [0, 0.1) is 0 Å². The summed E-state index contributed by atoms with van der Waals surface area (Å²) in [6.07, 6.45) is 3.18. The number of amides is 1. The van der Waals surface area contributed by atoms with E-state index in [1.54, 1.807) is 41.6 Å². The Morgan fingerprint density at radius 2 is 2.12 bits per heavy atom. The molecule has 0 aromatic carbocycles. The van der Waals surface area contributed by atoms with Gasteiger partial charge in [-0.2, -0.15) is 5.10 Å². The number of aromatic amines is 1. The Kier molecular flexibility index (Phi) is 3.39. The number of H-pyrrole nitrogens is 1. The van der Waals surface area contributed by atoms with Crippen molar-refractivity contribution in [3.63, 3.8) is 0 Å². The number of aromatic carboxylic acids is 1. The third-order valence-corrected chi connectivity index (χ3v) is 4.98. The maximum Gasteiger partial charge on any atom is 0.345 e. The normalized spacial score (nSPS) is 13.1.